The van der Waals surface area contributed by atoms with Crippen LogP contribution in [0.3, 0.4) is 0 Å². The van der Waals surface area contributed by atoms with Gasteiger partial charge in [0.1, 0.15) is 6.10 Å². The lowest BCUT2D eigenvalue weighted by atomic mass is 9.77. The Kier molecular flexibility index (Phi) is 8.26. The van der Waals surface area contributed by atoms with Gasteiger partial charge in [-0.2, -0.15) is 0 Å². The average molecular weight is 583 g/mol. The maximum absolute atomic E-state index is 13.3. The van der Waals surface area contributed by atoms with Crippen molar-refractivity contribution in [2.45, 2.75) is 82.6 Å². The SMILES string of the molecule is CC(C)n1c(=O)n(C(=O)NC2CC3CC(C2)N3CCCOC(=O)N2CCN(C(=O)C3CCCO3)CC2)c2ccccc21. The van der Waals surface area contributed by atoms with Gasteiger partial charge in [-0.1, -0.05) is 12.1 Å². The number of piperazine rings is 1. The molecule has 1 aromatic heterocycles. The zero-order chi connectivity index (χ0) is 29.4. The van der Waals surface area contributed by atoms with Crippen LogP contribution in [0.5, 0.6) is 0 Å². The van der Waals surface area contributed by atoms with Gasteiger partial charge in [0.05, 0.1) is 17.6 Å². The molecule has 5 aliphatic rings. The first kappa shape index (κ1) is 28.7. The molecule has 5 heterocycles. The van der Waals surface area contributed by atoms with E-state index >= 15 is 0 Å². The molecular formula is C30H42N6O6. The maximum atomic E-state index is 13.3. The van der Waals surface area contributed by atoms with E-state index in [4.69, 9.17) is 9.47 Å². The van der Waals surface area contributed by atoms with E-state index in [2.05, 4.69) is 10.2 Å². The highest BCUT2D eigenvalue weighted by Gasteiger charge is 2.45. The third kappa shape index (κ3) is 5.54. The zero-order valence-corrected chi connectivity index (χ0v) is 24.6. The molecule has 1 aromatic carbocycles. The summed E-state index contributed by atoms with van der Waals surface area (Å²) in [6.07, 6.45) is 4.60. The topological polar surface area (TPSA) is 118 Å². The first-order valence-corrected chi connectivity index (χ1v) is 15.4. The first-order valence-electron chi connectivity index (χ1n) is 15.4. The van der Waals surface area contributed by atoms with Gasteiger partial charge in [0.2, 0.25) is 0 Å². The highest BCUT2D eigenvalue weighted by atomic mass is 16.6. The summed E-state index contributed by atoms with van der Waals surface area (Å²) in [6.45, 7) is 7.70. The first-order chi connectivity index (χ1) is 20.3. The Morgan fingerprint density at radius 3 is 2.36 bits per heavy atom. The Balaban J connectivity index is 0.923. The van der Waals surface area contributed by atoms with Crippen LogP contribution in [0.15, 0.2) is 29.1 Å². The summed E-state index contributed by atoms with van der Waals surface area (Å²) in [7, 11) is 0. The number of aromatic nitrogens is 2. The number of imidazole rings is 1. The fraction of sp³-hybridized carbons (Fsp3) is 0.667. The van der Waals surface area contributed by atoms with E-state index < -0.39 is 0 Å². The molecule has 1 saturated carbocycles. The molecule has 42 heavy (non-hydrogen) atoms. The lowest BCUT2D eigenvalue weighted by Gasteiger charge is -2.55. The Morgan fingerprint density at radius 2 is 1.69 bits per heavy atom. The van der Waals surface area contributed by atoms with Crippen LogP contribution in [0.25, 0.3) is 11.0 Å². The van der Waals surface area contributed by atoms with Crippen LogP contribution < -0.4 is 11.0 Å². The van der Waals surface area contributed by atoms with E-state index in [1.165, 1.54) is 4.57 Å². The van der Waals surface area contributed by atoms with Gasteiger partial charge in [0.25, 0.3) is 5.91 Å². The maximum Gasteiger partial charge on any atom is 0.409 e. The second-order valence-electron chi connectivity index (χ2n) is 12.3. The number of fused-ring (bicyclic) bond motifs is 3. The molecule has 0 radical (unpaired) electrons. The quantitative estimate of drug-likeness (QED) is 0.498. The molecule has 12 heteroatoms. The van der Waals surface area contributed by atoms with Crippen molar-refractivity contribution >= 4 is 29.1 Å². The Morgan fingerprint density at radius 1 is 1.00 bits per heavy atom. The van der Waals surface area contributed by atoms with Gasteiger partial charge in [-0.25, -0.2) is 19.0 Å². The number of hydrogen-bond donors (Lipinski definition) is 1. The van der Waals surface area contributed by atoms with Gasteiger partial charge in [-0.3, -0.25) is 14.3 Å². The second kappa shape index (κ2) is 12.1. The summed E-state index contributed by atoms with van der Waals surface area (Å²) in [4.78, 5) is 57.4. The number of ether oxygens (including phenoxy) is 2. The van der Waals surface area contributed by atoms with Crippen molar-refractivity contribution in [3.8, 4) is 0 Å². The zero-order valence-electron chi connectivity index (χ0n) is 24.6. The molecule has 228 valence electrons. The third-order valence-corrected chi connectivity index (χ3v) is 9.26. The number of nitrogens with zero attached hydrogens (tertiary/aromatic N) is 5. The fourth-order valence-electron chi connectivity index (χ4n) is 7.13. The van der Waals surface area contributed by atoms with Crippen molar-refractivity contribution in [1.29, 1.82) is 0 Å². The largest absolute Gasteiger partial charge is 0.449 e. The summed E-state index contributed by atoms with van der Waals surface area (Å²) in [5.41, 5.74) is 1.08. The molecule has 3 atom stereocenters. The number of hydrogen-bond acceptors (Lipinski definition) is 7. The minimum atomic E-state index is -0.363. The summed E-state index contributed by atoms with van der Waals surface area (Å²) < 4.78 is 14.0. The van der Waals surface area contributed by atoms with E-state index in [0.29, 0.717) is 57.0 Å². The molecule has 4 aliphatic heterocycles. The molecule has 12 nitrogen and oxygen atoms in total. The van der Waals surface area contributed by atoms with Crippen LogP contribution in [0, 0.1) is 0 Å². The average Bonchev–Trinajstić information content (AvgIpc) is 3.62. The van der Waals surface area contributed by atoms with Gasteiger partial charge < -0.3 is 24.6 Å². The van der Waals surface area contributed by atoms with E-state index in [-0.39, 0.29) is 41.9 Å². The number of rotatable bonds is 7. The highest BCUT2D eigenvalue weighted by Crippen LogP contribution is 2.38. The monoisotopic (exact) mass is 582 g/mol. The number of amides is 3. The molecule has 2 aromatic rings. The standard InChI is InChI=1S/C30H42N6O6/c1-20(2)35-24-7-3-4-8-25(24)36(29(35)39)28(38)31-21-17-22-19-23(18-21)34(22)10-6-16-42-30(40)33-13-11-32(12-14-33)27(37)26-9-5-15-41-26/h3-4,7-8,20-23,26H,5-6,9-19H2,1-2H3,(H,31,38). The molecule has 5 fully saturated rings. The predicted octanol–water partition coefficient (Wildman–Crippen LogP) is 2.40. The van der Waals surface area contributed by atoms with E-state index in [1.54, 1.807) is 14.4 Å². The van der Waals surface area contributed by atoms with E-state index in [0.717, 1.165) is 50.6 Å². The molecule has 0 spiro atoms. The van der Waals surface area contributed by atoms with Crippen LogP contribution in [-0.2, 0) is 14.3 Å². The van der Waals surface area contributed by atoms with Gasteiger partial charge in [0.15, 0.2) is 0 Å². The van der Waals surface area contributed by atoms with Crippen molar-refractivity contribution in [3.05, 3.63) is 34.7 Å². The van der Waals surface area contributed by atoms with Crippen molar-refractivity contribution in [3.63, 3.8) is 0 Å². The minimum Gasteiger partial charge on any atom is -0.449 e. The number of benzene rings is 1. The second-order valence-corrected chi connectivity index (χ2v) is 12.3. The van der Waals surface area contributed by atoms with Gasteiger partial charge >= 0.3 is 17.8 Å². The Labute approximate surface area is 245 Å². The van der Waals surface area contributed by atoms with Gasteiger partial charge in [-0.15, -0.1) is 0 Å². The highest BCUT2D eigenvalue weighted by molar-refractivity contribution is 5.89. The molecular weight excluding hydrogens is 540 g/mol. The number of nitrogens with one attached hydrogen (secondary N) is 1. The molecule has 2 bridgehead atoms. The number of piperidine rings is 1. The van der Waals surface area contributed by atoms with Crippen LogP contribution in [-0.4, -0.2) is 112 Å². The fourth-order valence-corrected chi connectivity index (χ4v) is 7.13. The lowest BCUT2D eigenvalue weighted by molar-refractivity contribution is -0.142. The summed E-state index contributed by atoms with van der Waals surface area (Å²) in [6, 6.07) is 7.79. The molecule has 1 N–H and O–H groups in total. The predicted molar refractivity (Wildman–Crippen MR) is 156 cm³/mol. The number of para-hydroxylation sites is 2. The molecule has 4 saturated heterocycles. The lowest BCUT2D eigenvalue weighted by Crippen LogP contribution is -2.64. The Hall–Kier alpha value is -3.38. The van der Waals surface area contributed by atoms with E-state index in [1.807, 2.05) is 38.1 Å². The summed E-state index contributed by atoms with van der Waals surface area (Å²) in [5.74, 6) is 0.0371. The van der Waals surface area contributed by atoms with Gasteiger partial charge in [0, 0.05) is 63.5 Å². The molecule has 3 unspecified atom stereocenters. The minimum absolute atomic E-state index is 0.0224. The van der Waals surface area contributed by atoms with E-state index in [9.17, 15) is 19.2 Å². The van der Waals surface area contributed by atoms with Crippen LogP contribution in [0.2, 0.25) is 0 Å². The van der Waals surface area contributed by atoms with Crippen molar-refractivity contribution in [2.75, 3.05) is 45.9 Å². The van der Waals surface area contributed by atoms with Crippen molar-refractivity contribution in [1.82, 2.24) is 29.2 Å². The van der Waals surface area contributed by atoms with Crippen molar-refractivity contribution < 1.29 is 23.9 Å². The number of carbonyl (C=O) groups is 3. The van der Waals surface area contributed by atoms with Crippen LogP contribution >= 0.6 is 0 Å². The van der Waals surface area contributed by atoms with Crippen LogP contribution in [0.1, 0.15) is 58.4 Å². The summed E-state index contributed by atoms with van der Waals surface area (Å²) >= 11 is 0. The molecule has 7 rings (SSSR count). The normalized spacial score (nSPS) is 26.0. The summed E-state index contributed by atoms with van der Waals surface area (Å²) in [5, 5.41) is 3.12. The Bertz CT molecular complexity index is 1360. The van der Waals surface area contributed by atoms with Crippen LogP contribution in [0.4, 0.5) is 9.59 Å². The third-order valence-electron chi connectivity index (χ3n) is 9.26. The van der Waals surface area contributed by atoms with Crippen molar-refractivity contribution in [2.24, 2.45) is 0 Å². The van der Waals surface area contributed by atoms with Gasteiger partial charge in [-0.05, 0) is 64.5 Å². The smallest absolute Gasteiger partial charge is 0.409 e. The molecule has 3 amide bonds. The molecule has 1 aliphatic carbocycles. The number of carbonyl (C=O) groups excluding carboxylic acids is 3.